The minimum absolute atomic E-state index is 0.473. The molecule has 1 heterocycles. The molecule has 0 aliphatic heterocycles. The zero-order valence-corrected chi connectivity index (χ0v) is 13.0. The lowest BCUT2D eigenvalue weighted by molar-refractivity contribution is 0.321. The number of nitrogens with zero attached hydrogens (tertiary/aromatic N) is 2. The van der Waals surface area contributed by atoms with Gasteiger partial charge in [0, 0.05) is 19.3 Å². The predicted octanol–water partition coefficient (Wildman–Crippen LogP) is 2.83. The van der Waals surface area contributed by atoms with Crippen LogP contribution in [0.5, 0.6) is 0 Å². The van der Waals surface area contributed by atoms with E-state index in [0.29, 0.717) is 4.99 Å². The van der Waals surface area contributed by atoms with Crippen molar-refractivity contribution in [2.45, 2.75) is 44.9 Å². The van der Waals surface area contributed by atoms with Crippen LogP contribution in [-0.2, 0) is 12.8 Å². The highest BCUT2D eigenvalue weighted by molar-refractivity contribution is 7.80. The normalized spacial score (nSPS) is 18.2. The number of aromatic nitrogens is 1. The molecule has 1 aromatic rings. The summed E-state index contributed by atoms with van der Waals surface area (Å²) < 4.78 is 0. The van der Waals surface area contributed by atoms with Crippen molar-refractivity contribution in [3.8, 4) is 0 Å². The van der Waals surface area contributed by atoms with Crippen molar-refractivity contribution in [3.63, 3.8) is 0 Å². The van der Waals surface area contributed by atoms with Gasteiger partial charge in [0.15, 0.2) is 0 Å². The summed E-state index contributed by atoms with van der Waals surface area (Å²) in [6, 6.07) is 2.19. The Kier molecular flexibility index (Phi) is 3.92. The van der Waals surface area contributed by atoms with Crippen LogP contribution < -0.4 is 10.6 Å². The maximum Gasteiger partial charge on any atom is 0.138 e. The Balaban J connectivity index is 1.91. The van der Waals surface area contributed by atoms with Gasteiger partial charge in [-0.15, -0.1) is 0 Å². The van der Waals surface area contributed by atoms with Crippen LogP contribution in [0.1, 0.15) is 48.9 Å². The number of aryl methyl sites for hydroxylation is 2. The molecule has 0 aromatic carbocycles. The Morgan fingerprint density at radius 3 is 2.75 bits per heavy atom. The number of anilines is 1. The van der Waals surface area contributed by atoms with Crippen LogP contribution >= 0.6 is 12.2 Å². The van der Waals surface area contributed by atoms with Crippen molar-refractivity contribution < 1.29 is 0 Å². The number of pyridine rings is 1. The van der Waals surface area contributed by atoms with E-state index >= 15 is 0 Å². The standard InChI is InChI=1S/C16H23N3S/c1-19(10-11-5-4-6-11)16-13(15(17)20)9-12-7-2-3-8-14(12)18-16/h9,11H,2-8,10H2,1H3,(H2,17,20). The first-order chi connectivity index (χ1) is 9.65. The molecule has 108 valence electrons. The van der Waals surface area contributed by atoms with Crippen LogP contribution in [0.3, 0.4) is 0 Å². The van der Waals surface area contributed by atoms with Crippen LogP contribution in [0.15, 0.2) is 6.07 Å². The Hall–Kier alpha value is -1.16. The second-order valence-corrected chi connectivity index (χ2v) is 6.65. The molecule has 0 saturated heterocycles. The third kappa shape index (κ3) is 2.66. The fraction of sp³-hybridized carbons (Fsp3) is 0.625. The minimum Gasteiger partial charge on any atom is -0.389 e. The monoisotopic (exact) mass is 289 g/mol. The highest BCUT2D eigenvalue weighted by Crippen LogP contribution is 2.30. The molecule has 0 atom stereocenters. The Bertz CT molecular complexity index is 523. The van der Waals surface area contributed by atoms with Crippen molar-refractivity contribution in [1.29, 1.82) is 0 Å². The lowest BCUT2D eigenvalue weighted by Gasteiger charge is -2.32. The van der Waals surface area contributed by atoms with E-state index in [1.165, 1.54) is 43.4 Å². The molecule has 0 radical (unpaired) electrons. The summed E-state index contributed by atoms with van der Waals surface area (Å²) in [5, 5.41) is 0. The van der Waals surface area contributed by atoms with Crippen LogP contribution in [-0.4, -0.2) is 23.6 Å². The quantitative estimate of drug-likeness (QED) is 0.866. The van der Waals surface area contributed by atoms with Gasteiger partial charge in [0.05, 0.1) is 5.56 Å². The largest absolute Gasteiger partial charge is 0.389 e. The maximum atomic E-state index is 5.93. The van der Waals surface area contributed by atoms with Gasteiger partial charge in [-0.05, 0) is 56.1 Å². The molecule has 0 bridgehead atoms. The van der Waals surface area contributed by atoms with E-state index in [0.717, 1.165) is 36.7 Å². The van der Waals surface area contributed by atoms with Gasteiger partial charge in [-0.1, -0.05) is 18.6 Å². The zero-order valence-electron chi connectivity index (χ0n) is 12.2. The molecule has 2 aliphatic carbocycles. The van der Waals surface area contributed by atoms with E-state index < -0.39 is 0 Å². The van der Waals surface area contributed by atoms with Gasteiger partial charge in [-0.3, -0.25) is 0 Å². The molecule has 0 amide bonds. The van der Waals surface area contributed by atoms with E-state index in [2.05, 4.69) is 18.0 Å². The van der Waals surface area contributed by atoms with Crippen LogP contribution in [0.4, 0.5) is 5.82 Å². The van der Waals surface area contributed by atoms with Gasteiger partial charge in [0.2, 0.25) is 0 Å². The molecule has 4 heteroatoms. The van der Waals surface area contributed by atoms with E-state index in [1.807, 2.05) is 0 Å². The molecule has 3 rings (SSSR count). The summed E-state index contributed by atoms with van der Waals surface area (Å²) in [5.74, 6) is 1.81. The van der Waals surface area contributed by atoms with Gasteiger partial charge in [0.1, 0.15) is 10.8 Å². The predicted molar refractivity (Wildman–Crippen MR) is 87.4 cm³/mol. The third-order valence-corrected chi connectivity index (χ3v) is 4.88. The average molecular weight is 289 g/mol. The fourth-order valence-electron chi connectivity index (χ4n) is 3.24. The molecule has 1 fully saturated rings. The van der Waals surface area contributed by atoms with Gasteiger partial charge in [0.25, 0.3) is 0 Å². The summed E-state index contributed by atoms with van der Waals surface area (Å²) >= 11 is 5.24. The summed E-state index contributed by atoms with van der Waals surface area (Å²) in [6.45, 7) is 1.07. The summed E-state index contributed by atoms with van der Waals surface area (Å²) in [5.41, 5.74) is 9.49. The topological polar surface area (TPSA) is 42.2 Å². The summed E-state index contributed by atoms with van der Waals surface area (Å²) in [7, 11) is 2.12. The van der Waals surface area contributed by atoms with Crippen LogP contribution in [0.25, 0.3) is 0 Å². The van der Waals surface area contributed by atoms with Crippen molar-refractivity contribution in [1.82, 2.24) is 4.98 Å². The Morgan fingerprint density at radius 2 is 2.10 bits per heavy atom. The molecule has 0 unspecified atom stereocenters. The Morgan fingerprint density at radius 1 is 1.35 bits per heavy atom. The molecular weight excluding hydrogens is 266 g/mol. The Labute approximate surface area is 126 Å². The van der Waals surface area contributed by atoms with Crippen molar-refractivity contribution in [3.05, 3.63) is 22.9 Å². The van der Waals surface area contributed by atoms with Gasteiger partial charge >= 0.3 is 0 Å². The second kappa shape index (κ2) is 5.68. The number of thiocarbonyl (C=S) groups is 1. The first-order valence-electron chi connectivity index (χ1n) is 7.69. The fourth-order valence-corrected chi connectivity index (χ4v) is 3.39. The number of fused-ring (bicyclic) bond motifs is 1. The van der Waals surface area contributed by atoms with E-state index in [9.17, 15) is 0 Å². The zero-order chi connectivity index (χ0) is 14.1. The first-order valence-corrected chi connectivity index (χ1v) is 8.09. The highest BCUT2D eigenvalue weighted by Gasteiger charge is 2.23. The molecular formula is C16H23N3S. The molecule has 2 aliphatic rings. The second-order valence-electron chi connectivity index (χ2n) is 6.21. The molecule has 3 nitrogen and oxygen atoms in total. The number of rotatable bonds is 4. The molecule has 20 heavy (non-hydrogen) atoms. The molecule has 2 N–H and O–H groups in total. The SMILES string of the molecule is CN(CC1CCC1)c1nc2c(cc1C(N)=S)CCCC2. The van der Waals surface area contributed by atoms with Crippen LogP contribution in [0, 0.1) is 5.92 Å². The van der Waals surface area contributed by atoms with Crippen molar-refractivity contribution >= 4 is 23.0 Å². The van der Waals surface area contributed by atoms with E-state index in [1.54, 1.807) is 0 Å². The molecule has 0 spiro atoms. The van der Waals surface area contributed by atoms with E-state index in [-0.39, 0.29) is 0 Å². The van der Waals surface area contributed by atoms with Gasteiger partial charge in [-0.25, -0.2) is 4.98 Å². The number of hydrogen-bond acceptors (Lipinski definition) is 3. The minimum atomic E-state index is 0.473. The smallest absolute Gasteiger partial charge is 0.138 e. The molecule has 1 aromatic heterocycles. The van der Waals surface area contributed by atoms with Crippen molar-refractivity contribution in [2.75, 3.05) is 18.5 Å². The van der Waals surface area contributed by atoms with Gasteiger partial charge in [-0.2, -0.15) is 0 Å². The molecule has 1 saturated carbocycles. The number of hydrogen-bond donors (Lipinski definition) is 1. The van der Waals surface area contributed by atoms with Crippen molar-refractivity contribution in [2.24, 2.45) is 11.7 Å². The lowest BCUT2D eigenvalue weighted by Crippen LogP contribution is -2.32. The first kappa shape index (κ1) is 13.8. The maximum absolute atomic E-state index is 5.93. The third-order valence-electron chi connectivity index (χ3n) is 4.66. The lowest BCUT2D eigenvalue weighted by atomic mass is 9.85. The average Bonchev–Trinajstić information content (AvgIpc) is 2.41. The van der Waals surface area contributed by atoms with Gasteiger partial charge < -0.3 is 10.6 Å². The summed E-state index contributed by atoms with van der Waals surface area (Å²) in [6.07, 6.45) is 8.77. The van der Waals surface area contributed by atoms with Crippen LogP contribution in [0.2, 0.25) is 0 Å². The number of nitrogens with two attached hydrogens (primary N) is 1. The highest BCUT2D eigenvalue weighted by atomic mass is 32.1. The van der Waals surface area contributed by atoms with E-state index in [4.69, 9.17) is 22.9 Å². The summed E-state index contributed by atoms with van der Waals surface area (Å²) in [4.78, 5) is 7.63.